The monoisotopic (exact) mass is 366 g/mol. The minimum Gasteiger partial charge on any atom is -0.497 e. The molecule has 0 spiro atoms. The zero-order chi connectivity index (χ0) is 18.6. The number of esters is 1. The molecular formula is C21H22N2O4. The number of carbonyl (C=O) groups is 1. The molecule has 1 aliphatic rings. The SMILES string of the molecule is COc1ccc2c(N3CCC(C(=O)OCc4ccccc4)CC3)noc2c1. The summed E-state index contributed by atoms with van der Waals surface area (Å²) in [5, 5.41) is 5.18. The van der Waals surface area contributed by atoms with Gasteiger partial charge in [-0.15, -0.1) is 0 Å². The van der Waals surface area contributed by atoms with E-state index >= 15 is 0 Å². The van der Waals surface area contributed by atoms with Crippen LogP contribution >= 0.6 is 0 Å². The summed E-state index contributed by atoms with van der Waals surface area (Å²) in [5.74, 6) is 1.38. The van der Waals surface area contributed by atoms with Crippen LogP contribution in [0.5, 0.6) is 5.75 Å². The molecule has 1 aromatic heterocycles. The summed E-state index contributed by atoms with van der Waals surface area (Å²) >= 11 is 0. The first-order valence-electron chi connectivity index (χ1n) is 9.13. The quantitative estimate of drug-likeness (QED) is 0.640. The number of fused-ring (bicyclic) bond motifs is 1. The van der Waals surface area contributed by atoms with E-state index in [-0.39, 0.29) is 11.9 Å². The maximum absolute atomic E-state index is 12.4. The van der Waals surface area contributed by atoms with E-state index in [1.807, 2.05) is 48.5 Å². The molecule has 0 unspecified atom stereocenters. The van der Waals surface area contributed by atoms with Gasteiger partial charge in [-0.25, -0.2) is 0 Å². The Labute approximate surface area is 157 Å². The lowest BCUT2D eigenvalue weighted by molar-refractivity contribution is -0.150. The highest BCUT2D eigenvalue weighted by Crippen LogP contribution is 2.31. The van der Waals surface area contributed by atoms with E-state index in [0.29, 0.717) is 12.2 Å². The van der Waals surface area contributed by atoms with Crippen LogP contribution in [0, 0.1) is 5.92 Å². The van der Waals surface area contributed by atoms with Gasteiger partial charge in [0.25, 0.3) is 0 Å². The summed E-state index contributed by atoms with van der Waals surface area (Å²) < 4.78 is 16.1. The van der Waals surface area contributed by atoms with E-state index in [4.69, 9.17) is 14.0 Å². The Morgan fingerprint density at radius 2 is 1.96 bits per heavy atom. The molecule has 1 fully saturated rings. The summed E-state index contributed by atoms with van der Waals surface area (Å²) in [4.78, 5) is 14.5. The van der Waals surface area contributed by atoms with Crippen LogP contribution in [0.25, 0.3) is 11.0 Å². The van der Waals surface area contributed by atoms with E-state index in [1.165, 1.54) is 0 Å². The van der Waals surface area contributed by atoms with Gasteiger partial charge in [-0.05, 0) is 30.5 Å². The molecule has 3 aromatic rings. The number of benzene rings is 2. The Hall–Kier alpha value is -3.02. The number of carbonyl (C=O) groups excluding carboxylic acids is 1. The van der Waals surface area contributed by atoms with Crippen LogP contribution in [-0.4, -0.2) is 31.3 Å². The number of methoxy groups -OCH3 is 1. The molecule has 6 nitrogen and oxygen atoms in total. The lowest BCUT2D eigenvalue weighted by Crippen LogP contribution is -2.37. The Morgan fingerprint density at radius 1 is 1.19 bits per heavy atom. The van der Waals surface area contributed by atoms with E-state index in [0.717, 1.165) is 48.4 Å². The average Bonchev–Trinajstić information content (AvgIpc) is 3.16. The molecule has 2 aromatic carbocycles. The van der Waals surface area contributed by atoms with Crippen LogP contribution in [0.3, 0.4) is 0 Å². The molecule has 1 aliphatic heterocycles. The fourth-order valence-electron chi connectivity index (χ4n) is 3.43. The molecule has 0 saturated carbocycles. The first-order valence-corrected chi connectivity index (χ1v) is 9.13. The van der Waals surface area contributed by atoms with Crippen LogP contribution in [0.1, 0.15) is 18.4 Å². The number of hydrogen-bond acceptors (Lipinski definition) is 6. The number of nitrogens with zero attached hydrogens (tertiary/aromatic N) is 2. The van der Waals surface area contributed by atoms with Crippen molar-refractivity contribution in [2.45, 2.75) is 19.4 Å². The normalized spacial score (nSPS) is 15.1. The van der Waals surface area contributed by atoms with Crippen molar-refractivity contribution in [3.8, 4) is 5.75 Å². The van der Waals surface area contributed by atoms with Crippen LogP contribution in [0.15, 0.2) is 53.1 Å². The summed E-state index contributed by atoms with van der Waals surface area (Å²) in [6.07, 6.45) is 1.50. The third-order valence-corrected chi connectivity index (χ3v) is 5.01. The van der Waals surface area contributed by atoms with Crippen molar-refractivity contribution in [3.63, 3.8) is 0 Å². The topological polar surface area (TPSA) is 64.8 Å². The third kappa shape index (κ3) is 3.74. The molecule has 2 heterocycles. The number of aromatic nitrogens is 1. The lowest BCUT2D eigenvalue weighted by atomic mass is 9.97. The maximum atomic E-state index is 12.4. The second-order valence-electron chi connectivity index (χ2n) is 6.72. The predicted molar refractivity (Wildman–Crippen MR) is 102 cm³/mol. The van der Waals surface area contributed by atoms with Crippen molar-refractivity contribution in [1.29, 1.82) is 0 Å². The predicted octanol–water partition coefficient (Wildman–Crippen LogP) is 3.80. The van der Waals surface area contributed by atoms with Gasteiger partial charge in [-0.1, -0.05) is 35.5 Å². The second kappa shape index (κ2) is 7.70. The largest absolute Gasteiger partial charge is 0.497 e. The standard InChI is InChI=1S/C21H22N2O4/c1-25-17-7-8-18-19(13-17)27-22-20(18)23-11-9-16(10-12-23)21(24)26-14-15-5-3-2-4-6-15/h2-8,13,16H,9-12,14H2,1H3. The Morgan fingerprint density at radius 3 is 2.70 bits per heavy atom. The Balaban J connectivity index is 1.35. The van der Waals surface area contributed by atoms with Gasteiger partial charge in [0.15, 0.2) is 11.4 Å². The smallest absolute Gasteiger partial charge is 0.309 e. The van der Waals surface area contributed by atoms with Gasteiger partial charge < -0.3 is 18.9 Å². The Bertz CT molecular complexity index is 914. The first kappa shape index (κ1) is 17.4. The van der Waals surface area contributed by atoms with E-state index in [2.05, 4.69) is 10.1 Å². The average molecular weight is 366 g/mol. The fourth-order valence-corrected chi connectivity index (χ4v) is 3.43. The third-order valence-electron chi connectivity index (χ3n) is 5.01. The van der Waals surface area contributed by atoms with Crippen LogP contribution in [-0.2, 0) is 16.1 Å². The van der Waals surface area contributed by atoms with Crippen molar-refractivity contribution in [3.05, 3.63) is 54.1 Å². The summed E-state index contributed by atoms with van der Waals surface area (Å²) in [6, 6.07) is 15.4. The van der Waals surface area contributed by atoms with Crippen molar-refractivity contribution in [2.75, 3.05) is 25.1 Å². The molecule has 0 atom stereocenters. The Kier molecular flexibility index (Phi) is 4.96. The van der Waals surface area contributed by atoms with Gasteiger partial charge >= 0.3 is 5.97 Å². The van der Waals surface area contributed by atoms with Gasteiger partial charge in [-0.2, -0.15) is 0 Å². The number of rotatable bonds is 5. The molecular weight excluding hydrogens is 344 g/mol. The molecule has 6 heteroatoms. The van der Waals surface area contributed by atoms with Gasteiger partial charge in [0, 0.05) is 19.2 Å². The molecule has 27 heavy (non-hydrogen) atoms. The lowest BCUT2D eigenvalue weighted by Gasteiger charge is -2.30. The highest BCUT2D eigenvalue weighted by molar-refractivity contribution is 5.89. The van der Waals surface area contributed by atoms with Gasteiger partial charge in [0.05, 0.1) is 18.4 Å². The number of ether oxygens (including phenoxy) is 2. The van der Waals surface area contributed by atoms with Crippen molar-refractivity contribution in [1.82, 2.24) is 5.16 Å². The van der Waals surface area contributed by atoms with Crippen LogP contribution in [0.2, 0.25) is 0 Å². The highest BCUT2D eigenvalue weighted by atomic mass is 16.5. The van der Waals surface area contributed by atoms with Crippen LogP contribution < -0.4 is 9.64 Å². The molecule has 1 saturated heterocycles. The van der Waals surface area contributed by atoms with Crippen molar-refractivity contribution < 1.29 is 18.8 Å². The molecule has 0 aliphatic carbocycles. The zero-order valence-electron chi connectivity index (χ0n) is 15.3. The molecule has 0 radical (unpaired) electrons. The molecule has 4 rings (SSSR count). The molecule has 0 bridgehead atoms. The number of hydrogen-bond donors (Lipinski definition) is 0. The fraction of sp³-hybridized carbons (Fsp3) is 0.333. The number of piperidine rings is 1. The van der Waals surface area contributed by atoms with Gasteiger partial charge in [0.1, 0.15) is 12.4 Å². The minimum atomic E-state index is -0.117. The maximum Gasteiger partial charge on any atom is 0.309 e. The number of anilines is 1. The van der Waals surface area contributed by atoms with Gasteiger partial charge in [0.2, 0.25) is 0 Å². The van der Waals surface area contributed by atoms with E-state index < -0.39 is 0 Å². The molecule has 0 N–H and O–H groups in total. The van der Waals surface area contributed by atoms with E-state index in [1.54, 1.807) is 7.11 Å². The van der Waals surface area contributed by atoms with Crippen LogP contribution in [0.4, 0.5) is 5.82 Å². The summed E-state index contributed by atoms with van der Waals surface area (Å²) in [7, 11) is 1.63. The van der Waals surface area contributed by atoms with Crippen molar-refractivity contribution >= 4 is 22.8 Å². The molecule has 0 amide bonds. The first-order chi connectivity index (χ1) is 13.2. The highest BCUT2D eigenvalue weighted by Gasteiger charge is 2.28. The van der Waals surface area contributed by atoms with E-state index in [9.17, 15) is 4.79 Å². The van der Waals surface area contributed by atoms with Gasteiger partial charge in [-0.3, -0.25) is 4.79 Å². The molecule has 140 valence electrons. The van der Waals surface area contributed by atoms with Crippen molar-refractivity contribution in [2.24, 2.45) is 5.92 Å². The summed E-state index contributed by atoms with van der Waals surface area (Å²) in [5.41, 5.74) is 1.71. The zero-order valence-corrected chi connectivity index (χ0v) is 15.3. The summed E-state index contributed by atoms with van der Waals surface area (Å²) in [6.45, 7) is 1.83. The second-order valence-corrected chi connectivity index (χ2v) is 6.72. The minimum absolute atomic E-state index is 0.0665.